The average Bonchev–Trinajstić information content (AvgIpc) is 3.11. The van der Waals surface area contributed by atoms with Crippen LogP contribution < -0.4 is 10.6 Å². The van der Waals surface area contributed by atoms with Gasteiger partial charge in [-0.3, -0.25) is 9.59 Å². The van der Waals surface area contributed by atoms with E-state index in [0.717, 1.165) is 28.2 Å². The number of carbonyl (C=O) groups excluding carboxylic acids is 2. The Bertz CT molecular complexity index is 1320. The molecule has 6 heteroatoms. The minimum absolute atomic E-state index is 0.134. The Morgan fingerprint density at radius 1 is 0.875 bits per heavy atom. The van der Waals surface area contributed by atoms with Crippen LogP contribution in [0.4, 0.5) is 11.4 Å². The van der Waals surface area contributed by atoms with E-state index in [1.54, 1.807) is 24.3 Å². The summed E-state index contributed by atoms with van der Waals surface area (Å²) in [5.74, 6) is -0.269. The lowest BCUT2D eigenvalue weighted by Crippen LogP contribution is -2.16. The zero-order valence-electron chi connectivity index (χ0n) is 18.7. The zero-order chi connectivity index (χ0) is 22.8. The summed E-state index contributed by atoms with van der Waals surface area (Å²) in [6, 6.07) is 17.3. The third-order valence-corrected chi connectivity index (χ3v) is 5.54. The van der Waals surface area contributed by atoms with Gasteiger partial charge in [0.1, 0.15) is 5.65 Å². The first-order valence-electron chi connectivity index (χ1n) is 10.5. The fourth-order valence-electron chi connectivity index (χ4n) is 3.74. The molecule has 2 heterocycles. The molecular weight excluding hydrogens is 400 g/mol. The van der Waals surface area contributed by atoms with Crippen LogP contribution in [0.5, 0.6) is 0 Å². The molecule has 4 rings (SSSR count). The van der Waals surface area contributed by atoms with Gasteiger partial charge >= 0.3 is 0 Å². The van der Waals surface area contributed by atoms with Crippen LogP contribution >= 0.6 is 0 Å². The highest BCUT2D eigenvalue weighted by atomic mass is 16.2. The number of hydrogen-bond acceptors (Lipinski definition) is 3. The van der Waals surface area contributed by atoms with Crippen LogP contribution in [0, 0.1) is 20.8 Å². The van der Waals surface area contributed by atoms with Crippen LogP contribution in [0.3, 0.4) is 0 Å². The summed E-state index contributed by atoms with van der Waals surface area (Å²) in [7, 11) is 0. The second kappa shape index (κ2) is 8.67. The lowest BCUT2D eigenvalue weighted by molar-refractivity contribution is -0.116. The van der Waals surface area contributed by atoms with Crippen LogP contribution in [0.1, 0.15) is 29.3 Å². The second-order valence-corrected chi connectivity index (χ2v) is 8.07. The van der Waals surface area contributed by atoms with Crippen molar-refractivity contribution in [2.45, 2.75) is 34.1 Å². The third kappa shape index (κ3) is 4.39. The van der Waals surface area contributed by atoms with Gasteiger partial charge in [0.05, 0.1) is 17.8 Å². The van der Waals surface area contributed by atoms with Crippen molar-refractivity contribution in [3.05, 3.63) is 83.2 Å². The summed E-state index contributed by atoms with van der Waals surface area (Å²) in [4.78, 5) is 29.0. The molecule has 4 aromatic rings. The van der Waals surface area contributed by atoms with Crippen molar-refractivity contribution in [3.63, 3.8) is 0 Å². The standard InChI is InChI=1S/C26H26N4O2/c1-16-7-8-20(14-18(16)3)25-23(30-13-5-6-17(2)26(30)29-25)15-24(32)28-22-11-9-21(10-12-22)27-19(4)31/h5-14H,15H2,1-4H3,(H,27,31)(H,28,32). The molecule has 2 aromatic carbocycles. The van der Waals surface area contributed by atoms with Gasteiger partial charge in [0.2, 0.25) is 11.8 Å². The highest BCUT2D eigenvalue weighted by Gasteiger charge is 2.18. The van der Waals surface area contributed by atoms with Gasteiger partial charge in [-0.25, -0.2) is 4.98 Å². The number of carbonyl (C=O) groups is 2. The smallest absolute Gasteiger partial charge is 0.230 e. The van der Waals surface area contributed by atoms with Crippen molar-refractivity contribution in [2.75, 3.05) is 10.6 Å². The Balaban J connectivity index is 1.65. The second-order valence-electron chi connectivity index (χ2n) is 8.07. The largest absolute Gasteiger partial charge is 0.326 e. The van der Waals surface area contributed by atoms with Crippen molar-refractivity contribution >= 4 is 28.8 Å². The summed E-state index contributed by atoms with van der Waals surface area (Å²) < 4.78 is 2.00. The third-order valence-electron chi connectivity index (χ3n) is 5.54. The maximum absolute atomic E-state index is 13.0. The summed E-state index contributed by atoms with van der Waals surface area (Å²) in [6.07, 6.45) is 2.13. The van der Waals surface area contributed by atoms with Gasteiger partial charge in [-0.2, -0.15) is 0 Å². The number of nitrogens with zero attached hydrogens (tertiary/aromatic N) is 2. The number of amides is 2. The minimum atomic E-state index is -0.136. The Hall–Kier alpha value is -3.93. The predicted molar refractivity (Wildman–Crippen MR) is 128 cm³/mol. The maximum Gasteiger partial charge on any atom is 0.230 e. The number of hydrogen-bond donors (Lipinski definition) is 2. The lowest BCUT2D eigenvalue weighted by atomic mass is 10.0. The van der Waals surface area contributed by atoms with E-state index in [-0.39, 0.29) is 18.2 Å². The minimum Gasteiger partial charge on any atom is -0.326 e. The molecule has 0 bridgehead atoms. The number of imidazole rings is 1. The van der Waals surface area contributed by atoms with E-state index in [0.29, 0.717) is 11.4 Å². The summed E-state index contributed by atoms with van der Waals surface area (Å²) >= 11 is 0. The molecule has 0 saturated heterocycles. The molecule has 0 aliphatic rings. The fourth-order valence-corrected chi connectivity index (χ4v) is 3.74. The number of aromatic nitrogens is 2. The Kier molecular flexibility index (Phi) is 5.77. The normalized spacial score (nSPS) is 10.9. The summed E-state index contributed by atoms with van der Waals surface area (Å²) in [5, 5.41) is 5.66. The van der Waals surface area contributed by atoms with Crippen LogP contribution in [-0.4, -0.2) is 21.2 Å². The molecule has 2 N–H and O–H groups in total. The fraction of sp³-hybridized carbons (Fsp3) is 0.192. The van der Waals surface area contributed by atoms with E-state index in [9.17, 15) is 9.59 Å². The van der Waals surface area contributed by atoms with Crippen molar-refractivity contribution < 1.29 is 9.59 Å². The molecule has 0 unspecified atom stereocenters. The van der Waals surface area contributed by atoms with Gasteiger partial charge in [0.15, 0.2) is 0 Å². The molecule has 162 valence electrons. The molecular formula is C26H26N4O2. The van der Waals surface area contributed by atoms with Gasteiger partial charge in [-0.1, -0.05) is 18.2 Å². The maximum atomic E-state index is 13.0. The number of rotatable bonds is 5. The van der Waals surface area contributed by atoms with Gasteiger partial charge in [-0.15, -0.1) is 0 Å². The Morgan fingerprint density at radius 3 is 2.22 bits per heavy atom. The number of fused-ring (bicyclic) bond motifs is 1. The highest BCUT2D eigenvalue weighted by molar-refractivity contribution is 5.94. The van der Waals surface area contributed by atoms with Gasteiger partial charge in [0.25, 0.3) is 0 Å². The predicted octanol–water partition coefficient (Wildman–Crippen LogP) is 5.07. The molecule has 2 amide bonds. The van der Waals surface area contributed by atoms with Gasteiger partial charge in [0, 0.05) is 30.1 Å². The number of nitrogens with one attached hydrogen (secondary N) is 2. The summed E-state index contributed by atoms with van der Waals surface area (Å²) in [5.41, 5.74) is 8.32. The van der Waals surface area contributed by atoms with Crippen molar-refractivity contribution in [3.8, 4) is 11.3 Å². The Labute approximate surface area is 187 Å². The molecule has 0 saturated carbocycles. The quantitative estimate of drug-likeness (QED) is 0.468. The summed E-state index contributed by atoms with van der Waals surface area (Å²) in [6.45, 7) is 7.64. The SMILES string of the molecule is CC(=O)Nc1ccc(NC(=O)Cc2c(-c3ccc(C)c(C)c3)nc3c(C)cccn23)cc1. The van der Waals surface area contributed by atoms with Gasteiger partial charge in [-0.05, 0) is 73.9 Å². The van der Waals surface area contributed by atoms with Crippen LogP contribution in [-0.2, 0) is 16.0 Å². The Morgan fingerprint density at radius 2 is 1.56 bits per heavy atom. The van der Waals surface area contributed by atoms with E-state index in [2.05, 4.69) is 42.7 Å². The molecule has 2 aromatic heterocycles. The van der Waals surface area contributed by atoms with Crippen LogP contribution in [0.2, 0.25) is 0 Å². The first kappa shape index (κ1) is 21.3. The lowest BCUT2D eigenvalue weighted by Gasteiger charge is -2.09. The first-order valence-corrected chi connectivity index (χ1v) is 10.5. The van der Waals surface area contributed by atoms with Crippen molar-refractivity contribution in [1.29, 1.82) is 0 Å². The highest BCUT2D eigenvalue weighted by Crippen LogP contribution is 2.28. The van der Waals surface area contributed by atoms with E-state index in [1.807, 2.05) is 29.7 Å². The molecule has 0 atom stereocenters. The van der Waals surface area contributed by atoms with E-state index in [4.69, 9.17) is 4.98 Å². The number of pyridine rings is 1. The van der Waals surface area contributed by atoms with E-state index < -0.39 is 0 Å². The van der Waals surface area contributed by atoms with Gasteiger partial charge < -0.3 is 15.0 Å². The molecule has 0 fully saturated rings. The van der Waals surface area contributed by atoms with Crippen molar-refractivity contribution in [2.24, 2.45) is 0 Å². The molecule has 0 radical (unpaired) electrons. The van der Waals surface area contributed by atoms with Crippen LogP contribution in [0.25, 0.3) is 16.9 Å². The zero-order valence-corrected chi connectivity index (χ0v) is 18.7. The molecule has 6 nitrogen and oxygen atoms in total. The topological polar surface area (TPSA) is 75.5 Å². The number of benzene rings is 2. The number of aryl methyl sites for hydroxylation is 3. The van der Waals surface area contributed by atoms with Crippen LogP contribution in [0.15, 0.2) is 60.8 Å². The van der Waals surface area contributed by atoms with E-state index >= 15 is 0 Å². The molecule has 0 aliphatic carbocycles. The molecule has 0 spiro atoms. The molecule has 0 aliphatic heterocycles. The average molecular weight is 427 g/mol. The number of anilines is 2. The first-order chi connectivity index (χ1) is 15.3. The monoisotopic (exact) mass is 426 g/mol. The van der Waals surface area contributed by atoms with Crippen molar-refractivity contribution in [1.82, 2.24) is 9.38 Å². The van der Waals surface area contributed by atoms with E-state index in [1.165, 1.54) is 18.1 Å². The molecule has 32 heavy (non-hydrogen) atoms.